The maximum Gasteiger partial charge on any atom is 0.127 e. The zero-order valence-electron chi connectivity index (χ0n) is 11.8. The van der Waals surface area contributed by atoms with Crippen LogP contribution in [-0.2, 0) is 6.42 Å². The van der Waals surface area contributed by atoms with Crippen LogP contribution < -0.4 is 11.3 Å². The Morgan fingerprint density at radius 3 is 2.37 bits per heavy atom. The van der Waals surface area contributed by atoms with Crippen molar-refractivity contribution in [1.29, 1.82) is 0 Å². The first-order valence-electron chi connectivity index (χ1n) is 7.02. The third-order valence-electron chi connectivity index (χ3n) is 3.56. The van der Waals surface area contributed by atoms with Crippen molar-refractivity contribution < 1.29 is 4.39 Å². The van der Waals surface area contributed by atoms with Crippen LogP contribution in [0, 0.1) is 11.7 Å². The van der Waals surface area contributed by atoms with Crippen LogP contribution in [0.5, 0.6) is 0 Å². The molecule has 3 N–H and O–H groups in total. The molecule has 1 rings (SSSR count). The van der Waals surface area contributed by atoms with Crippen LogP contribution in [0.1, 0.15) is 45.1 Å². The molecule has 2 nitrogen and oxygen atoms in total. The standard InChI is InChI=1S/C15H24BrFN2/c1-3-5-11(6-4-2)15(19-18)9-12-7-8-13(16)10-14(12)17/h7-8,10-11,15,19H,3-6,9,18H2,1-2H3. The molecule has 0 heterocycles. The van der Waals surface area contributed by atoms with Gasteiger partial charge in [-0.25, -0.2) is 4.39 Å². The van der Waals surface area contributed by atoms with E-state index in [9.17, 15) is 4.39 Å². The zero-order valence-corrected chi connectivity index (χ0v) is 13.3. The first-order chi connectivity index (χ1) is 9.12. The lowest BCUT2D eigenvalue weighted by Crippen LogP contribution is -2.42. The van der Waals surface area contributed by atoms with Gasteiger partial charge in [0.25, 0.3) is 0 Å². The lowest BCUT2D eigenvalue weighted by atomic mass is 9.87. The molecule has 0 fully saturated rings. The van der Waals surface area contributed by atoms with Gasteiger partial charge in [-0.05, 0) is 42.9 Å². The van der Waals surface area contributed by atoms with Gasteiger partial charge >= 0.3 is 0 Å². The fraction of sp³-hybridized carbons (Fsp3) is 0.600. The van der Waals surface area contributed by atoms with Crippen molar-refractivity contribution in [3.8, 4) is 0 Å². The van der Waals surface area contributed by atoms with Crippen molar-refractivity contribution in [3.05, 3.63) is 34.1 Å². The molecule has 1 unspecified atom stereocenters. The van der Waals surface area contributed by atoms with E-state index in [-0.39, 0.29) is 11.9 Å². The summed E-state index contributed by atoms with van der Waals surface area (Å²) < 4.78 is 14.7. The molecule has 0 amide bonds. The number of nitrogens with two attached hydrogens (primary N) is 1. The van der Waals surface area contributed by atoms with E-state index in [0.29, 0.717) is 12.3 Å². The predicted molar refractivity (Wildman–Crippen MR) is 82.2 cm³/mol. The molecule has 1 aromatic rings. The molecule has 0 saturated carbocycles. The van der Waals surface area contributed by atoms with Crippen LogP contribution in [0.2, 0.25) is 0 Å². The number of halogens is 2. The van der Waals surface area contributed by atoms with Gasteiger partial charge in [-0.1, -0.05) is 48.7 Å². The molecule has 0 radical (unpaired) electrons. The van der Waals surface area contributed by atoms with Gasteiger partial charge in [-0.15, -0.1) is 0 Å². The Balaban J connectivity index is 2.78. The summed E-state index contributed by atoms with van der Waals surface area (Å²) in [5.41, 5.74) is 3.61. The number of hydrogen-bond donors (Lipinski definition) is 2. The van der Waals surface area contributed by atoms with Crippen LogP contribution in [0.25, 0.3) is 0 Å². The predicted octanol–water partition coefficient (Wildman–Crippen LogP) is 4.18. The first-order valence-corrected chi connectivity index (χ1v) is 7.81. The van der Waals surface area contributed by atoms with Crippen LogP contribution in [0.3, 0.4) is 0 Å². The van der Waals surface area contributed by atoms with Gasteiger partial charge in [0.1, 0.15) is 5.82 Å². The topological polar surface area (TPSA) is 38.0 Å². The molecular formula is C15H24BrFN2. The number of benzene rings is 1. The smallest absolute Gasteiger partial charge is 0.127 e. The van der Waals surface area contributed by atoms with E-state index < -0.39 is 0 Å². The Morgan fingerprint density at radius 2 is 1.89 bits per heavy atom. The minimum atomic E-state index is -0.165. The minimum Gasteiger partial charge on any atom is -0.271 e. The Bertz CT molecular complexity index is 378. The Hall–Kier alpha value is -0.450. The maximum atomic E-state index is 13.9. The quantitative estimate of drug-likeness (QED) is 0.554. The summed E-state index contributed by atoms with van der Waals surface area (Å²) in [4.78, 5) is 0. The maximum absolute atomic E-state index is 13.9. The molecule has 0 saturated heterocycles. The van der Waals surface area contributed by atoms with E-state index in [4.69, 9.17) is 5.84 Å². The number of rotatable bonds is 8. The highest BCUT2D eigenvalue weighted by Crippen LogP contribution is 2.23. The second-order valence-corrected chi connectivity index (χ2v) is 5.97. The second kappa shape index (κ2) is 8.67. The minimum absolute atomic E-state index is 0.135. The number of nitrogens with one attached hydrogen (secondary N) is 1. The summed E-state index contributed by atoms with van der Waals surface area (Å²) in [6.07, 6.45) is 5.15. The van der Waals surface area contributed by atoms with E-state index in [2.05, 4.69) is 35.2 Å². The normalized spacial score (nSPS) is 12.9. The summed E-state index contributed by atoms with van der Waals surface area (Å²) >= 11 is 3.28. The Morgan fingerprint density at radius 1 is 1.26 bits per heavy atom. The number of hydrogen-bond acceptors (Lipinski definition) is 2. The summed E-state index contributed by atoms with van der Waals surface area (Å²) in [6, 6.07) is 5.35. The van der Waals surface area contributed by atoms with E-state index >= 15 is 0 Å². The summed E-state index contributed by atoms with van der Waals surface area (Å²) in [7, 11) is 0. The Labute approximate surface area is 124 Å². The third-order valence-corrected chi connectivity index (χ3v) is 4.05. The fourth-order valence-corrected chi connectivity index (χ4v) is 2.91. The molecule has 4 heteroatoms. The number of hydrazine groups is 1. The van der Waals surface area contributed by atoms with Gasteiger partial charge in [-0.3, -0.25) is 11.3 Å². The van der Waals surface area contributed by atoms with Crippen LogP contribution in [-0.4, -0.2) is 6.04 Å². The molecule has 0 aliphatic carbocycles. The molecule has 0 aliphatic rings. The highest BCUT2D eigenvalue weighted by Gasteiger charge is 2.20. The van der Waals surface area contributed by atoms with Gasteiger partial charge in [-0.2, -0.15) is 0 Å². The van der Waals surface area contributed by atoms with Crippen LogP contribution in [0.15, 0.2) is 22.7 Å². The molecule has 19 heavy (non-hydrogen) atoms. The van der Waals surface area contributed by atoms with Gasteiger partial charge in [0.2, 0.25) is 0 Å². The molecule has 1 aromatic carbocycles. The molecule has 0 bridgehead atoms. The largest absolute Gasteiger partial charge is 0.271 e. The summed E-state index contributed by atoms with van der Waals surface area (Å²) in [5.74, 6) is 6.02. The van der Waals surface area contributed by atoms with E-state index in [1.165, 1.54) is 6.07 Å². The van der Waals surface area contributed by atoms with E-state index in [1.807, 2.05) is 12.1 Å². The molecule has 108 valence electrons. The Kier molecular flexibility index (Phi) is 7.57. The first kappa shape index (κ1) is 16.6. The van der Waals surface area contributed by atoms with Crippen molar-refractivity contribution in [2.75, 3.05) is 0 Å². The summed E-state index contributed by atoms with van der Waals surface area (Å²) in [5, 5.41) is 0. The molecule has 0 aliphatic heterocycles. The molecule has 0 spiro atoms. The monoisotopic (exact) mass is 330 g/mol. The summed E-state index contributed by atoms with van der Waals surface area (Å²) in [6.45, 7) is 4.35. The van der Waals surface area contributed by atoms with Gasteiger partial charge < -0.3 is 0 Å². The van der Waals surface area contributed by atoms with E-state index in [1.54, 1.807) is 0 Å². The fourth-order valence-electron chi connectivity index (χ4n) is 2.57. The van der Waals surface area contributed by atoms with Crippen molar-refractivity contribution in [2.45, 2.75) is 52.0 Å². The van der Waals surface area contributed by atoms with Gasteiger partial charge in [0, 0.05) is 10.5 Å². The lowest BCUT2D eigenvalue weighted by Gasteiger charge is -2.26. The third kappa shape index (κ3) is 5.21. The second-order valence-electron chi connectivity index (χ2n) is 5.05. The SMILES string of the molecule is CCCC(CCC)C(Cc1ccc(Br)cc1F)NN. The van der Waals surface area contributed by atoms with Crippen LogP contribution in [0.4, 0.5) is 4.39 Å². The van der Waals surface area contributed by atoms with Crippen LogP contribution >= 0.6 is 15.9 Å². The average Bonchev–Trinajstić information content (AvgIpc) is 2.38. The van der Waals surface area contributed by atoms with Crippen molar-refractivity contribution in [1.82, 2.24) is 5.43 Å². The highest BCUT2D eigenvalue weighted by atomic mass is 79.9. The molecular weight excluding hydrogens is 307 g/mol. The van der Waals surface area contributed by atoms with Crippen molar-refractivity contribution in [2.24, 2.45) is 11.8 Å². The zero-order chi connectivity index (χ0) is 14.3. The van der Waals surface area contributed by atoms with Gasteiger partial charge in [0.05, 0.1) is 0 Å². The van der Waals surface area contributed by atoms with Crippen molar-refractivity contribution in [3.63, 3.8) is 0 Å². The average molecular weight is 331 g/mol. The highest BCUT2D eigenvalue weighted by molar-refractivity contribution is 9.10. The molecule has 0 aromatic heterocycles. The lowest BCUT2D eigenvalue weighted by molar-refractivity contribution is 0.309. The van der Waals surface area contributed by atoms with Crippen molar-refractivity contribution >= 4 is 15.9 Å². The molecule has 1 atom stereocenters. The van der Waals surface area contributed by atoms with Gasteiger partial charge in [0.15, 0.2) is 0 Å². The van der Waals surface area contributed by atoms with E-state index in [0.717, 1.165) is 35.7 Å².